The normalized spacial score (nSPS) is 11.5. The Balaban J connectivity index is 1.24. The van der Waals surface area contributed by atoms with Gasteiger partial charge in [0.1, 0.15) is 11.4 Å². The van der Waals surface area contributed by atoms with Gasteiger partial charge in [0, 0.05) is 32.7 Å². The van der Waals surface area contributed by atoms with Gasteiger partial charge < -0.3 is 9.30 Å². The summed E-state index contributed by atoms with van der Waals surface area (Å²) < 4.78 is 11.0. The van der Waals surface area contributed by atoms with Crippen LogP contribution in [0.15, 0.2) is 175 Å². The van der Waals surface area contributed by atoms with Crippen LogP contribution >= 0.6 is 0 Å². The van der Waals surface area contributed by atoms with Gasteiger partial charge in [-0.2, -0.15) is 9.97 Å². The van der Waals surface area contributed by atoms with Crippen molar-refractivity contribution in [1.29, 1.82) is 0 Å². The molecule has 0 atom stereocenters. The fourth-order valence-electron chi connectivity index (χ4n) is 7.53. The van der Waals surface area contributed by atoms with Gasteiger partial charge in [-0.25, -0.2) is 4.98 Å². The van der Waals surface area contributed by atoms with E-state index in [1.165, 1.54) is 0 Å². The van der Waals surface area contributed by atoms with Crippen LogP contribution in [0.4, 0.5) is 5.69 Å². The van der Waals surface area contributed by atoms with Crippen LogP contribution in [0.3, 0.4) is 0 Å². The molecular formula is C47H32N6O. The lowest BCUT2D eigenvalue weighted by Gasteiger charge is -2.14. The lowest BCUT2D eigenvalue weighted by atomic mass is 10.0. The van der Waals surface area contributed by atoms with E-state index in [4.69, 9.17) is 19.7 Å². The Bertz CT molecular complexity index is 3000. The van der Waals surface area contributed by atoms with Crippen LogP contribution in [0, 0.1) is 0 Å². The van der Waals surface area contributed by atoms with Crippen molar-refractivity contribution in [2.45, 2.75) is 6.73 Å². The molecule has 0 saturated carbocycles. The van der Waals surface area contributed by atoms with Gasteiger partial charge in [0.2, 0.25) is 5.95 Å². The SMILES string of the molecule is C=Nc1ccccc1OCn1c2ccccc2c2ccc3c4ccccc4n(-c4nc(-c5ccccc5)nc(-c5ccc(-c6ccccc6)cc5)n4)c3c21. The van der Waals surface area contributed by atoms with E-state index in [0.29, 0.717) is 29.0 Å². The van der Waals surface area contributed by atoms with Crippen molar-refractivity contribution in [3.05, 3.63) is 170 Å². The largest absolute Gasteiger partial charge is 0.470 e. The van der Waals surface area contributed by atoms with Gasteiger partial charge in [-0.3, -0.25) is 9.56 Å². The number of rotatable bonds is 8. The monoisotopic (exact) mass is 696 g/mol. The molecule has 0 bridgehead atoms. The molecule has 0 spiro atoms. The molecule has 3 aromatic heterocycles. The third-order valence-electron chi connectivity index (χ3n) is 10.1. The van der Waals surface area contributed by atoms with Crippen LogP contribution in [0.5, 0.6) is 5.75 Å². The molecular weight excluding hydrogens is 665 g/mol. The van der Waals surface area contributed by atoms with Crippen molar-refractivity contribution >= 4 is 56.0 Å². The van der Waals surface area contributed by atoms with E-state index in [-0.39, 0.29) is 6.73 Å². The molecule has 0 fully saturated rings. The summed E-state index contributed by atoms with van der Waals surface area (Å²) in [6.45, 7) is 4.02. The molecule has 0 N–H and O–H groups in total. The van der Waals surface area contributed by atoms with Crippen LogP contribution in [-0.4, -0.2) is 30.8 Å². The van der Waals surface area contributed by atoms with Gasteiger partial charge in [0.15, 0.2) is 18.4 Å². The fourth-order valence-corrected chi connectivity index (χ4v) is 7.53. The number of fused-ring (bicyclic) bond motifs is 7. The number of para-hydroxylation sites is 4. The second-order valence-electron chi connectivity index (χ2n) is 13.1. The van der Waals surface area contributed by atoms with Crippen molar-refractivity contribution in [3.63, 3.8) is 0 Å². The standard InChI is InChI=1S/C47H32N6O/c1-48-39-20-10-13-23-42(39)54-30-52-40-21-11-8-18-35(40)37-28-29-38-36-19-9-12-22-41(36)53(44(38)43(37)52)47-50-45(33-16-6-3-7-17-33)49-46(51-47)34-26-24-32(25-27-34)31-14-4-2-5-15-31/h2-29H,1,30H2. The number of benzene rings is 7. The predicted molar refractivity (Wildman–Crippen MR) is 220 cm³/mol. The number of aromatic nitrogens is 5. The first-order valence-electron chi connectivity index (χ1n) is 17.8. The van der Waals surface area contributed by atoms with Crippen molar-refractivity contribution in [2.24, 2.45) is 4.99 Å². The summed E-state index contributed by atoms with van der Waals surface area (Å²) in [5, 5.41) is 4.43. The Labute approximate surface area is 311 Å². The van der Waals surface area contributed by atoms with Crippen LogP contribution < -0.4 is 4.74 Å². The molecule has 7 nitrogen and oxygen atoms in total. The van der Waals surface area contributed by atoms with E-state index in [2.05, 4.69) is 130 Å². The summed E-state index contributed by atoms with van der Waals surface area (Å²) in [4.78, 5) is 19.8. The third-order valence-corrected chi connectivity index (χ3v) is 10.1. The first-order valence-corrected chi connectivity index (χ1v) is 17.8. The van der Waals surface area contributed by atoms with Crippen molar-refractivity contribution in [3.8, 4) is 45.6 Å². The van der Waals surface area contributed by atoms with Crippen LogP contribution in [-0.2, 0) is 6.73 Å². The summed E-state index contributed by atoms with van der Waals surface area (Å²) >= 11 is 0. The van der Waals surface area contributed by atoms with E-state index >= 15 is 0 Å². The lowest BCUT2D eigenvalue weighted by molar-refractivity contribution is 0.247. The summed E-state index contributed by atoms with van der Waals surface area (Å²) in [5.41, 5.74) is 8.84. The maximum atomic E-state index is 6.53. The number of aliphatic imine (C=N–C) groups is 1. The summed E-state index contributed by atoms with van der Waals surface area (Å²) in [6, 6.07) is 57.9. The molecule has 0 aliphatic heterocycles. The topological polar surface area (TPSA) is 70.1 Å². The number of hydrogen-bond acceptors (Lipinski definition) is 5. The Morgan fingerprint density at radius 1 is 0.463 bits per heavy atom. The van der Waals surface area contributed by atoms with Crippen molar-refractivity contribution < 1.29 is 4.74 Å². The fraction of sp³-hybridized carbons (Fsp3) is 0.0213. The zero-order valence-electron chi connectivity index (χ0n) is 29.2. The van der Waals surface area contributed by atoms with E-state index < -0.39 is 0 Å². The molecule has 0 unspecified atom stereocenters. The average Bonchev–Trinajstić information content (AvgIpc) is 3.76. The average molecular weight is 697 g/mol. The minimum absolute atomic E-state index is 0.253. The maximum Gasteiger partial charge on any atom is 0.238 e. The number of ether oxygens (including phenoxy) is 1. The molecule has 0 radical (unpaired) electrons. The molecule has 7 heteroatoms. The second-order valence-corrected chi connectivity index (χ2v) is 13.1. The van der Waals surface area contributed by atoms with Crippen LogP contribution in [0.1, 0.15) is 0 Å². The molecule has 7 aromatic carbocycles. The van der Waals surface area contributed by atoms with E-state index in [0.717, 1.165) is 65.9 Å². The first-order chi connectivity index (χ1) is 26.7. The Morgan fingerprint density at radius 2 is 0.981 bits per heavy atom. The van der Waals surface area contributed by atoms with E-state index in [1.807, 2.05) is 60.7 Å². The zero-order chi connectivity index (χ0) is 36.0. The Morgan fingerprint density at radius 3 is 1.69 bits per heavy atom. The molecule has 0 amide bonds. The minimum Gasteiger partial charge on any atom is -0.470 e. The van der Waals surface area contributed by atoms with E-state index in [9.17, 15) is 0 Å². The van der Waals surface area contributed by atoms with Gasteiger partial charge in [0.05, 0.1) is 22.1 Å². The molecule has 54 heavy (non-hydrogen) atoms. The Kier molecular flexibility index (Phi) is 7.54. The molecule has 0 aliphatic carbocycles. The predicted octanol–water partition coefficient (Wildman–Crippen LogP) is 11.4. The van der Waals surface area contributed by atoms with Crippen molar-refractivity contribution in [2.75, 3.05) is 0 Å². The summed E-state index contributed by atoms with van der Waals surface area (Å²) in [5.74, 6) is 2.38. The lowest BCUT2D eigenvalue weighted by Crippen LogP contribution is -2.09. The van der Waals surface area contributed by atoms with Gasteiger partial charge in [-0.1, -0.05) is 146 Å². The first kappa shape index (κ1) is 31.4. The van der Waals surface area contributed by atoms with Crippen LogP contribution in [0.25, 0.3) is 83.5 Å². The van der Waals surface area contributed by atoms with E-state index in [1.54, 1.807) is 0 Å². The molecule has 3 heterocycles. The number of hydrogen-bond donors (Lipinski definition) is 0. The molecule has 0 aliphatic rings. The molecule has 0 saturated heterocycles. The van der Waals surface area contributed by atoms with Gasteiger partial charge >= 0.3 is 0 Å². The van der Waals surface area contributed by atoms with Crippen LogP contribution in [0.2, 0.25) is 0 Å². The maximum absolute atomic E-state index is 6.53. The smallest absolute Gasteiger partial charge is 0.238 e. The Hall–Kier alpha value is -7.38. The zero-order valence-corrected chi connectivity index (χ0v) is 29.2. The highest BCUT2D eigenvalue weighted by molar-refractivity contribution is 6.23. The quantitative estimate of drug-likeness (QED) is 0.148. The second kappa shape index (κ2) is 13.0. The van der Waals surface area contributed by atoms with Gasteiger partial charge in [-0.15, -0.1) is 0 Å². The highest BCUT2D eigenvalue weighted by Crippen LogP contribution is 2.41. The van der Waals surface area contributed by atoms with Crippen molar-refractivity contribution in [1.82, 2.24) is 24.1 Å². The number of nitrogens with zero attached hydrogens (tertiary/aromatic N) is 6. The molecule has 256 valence electrons. The van der Waals surface area contributed by atoms with Gasteiger partial charge in [0.25, 0.3) is 0 Å². The highest BCUT2D eigenvalue weighted by Gasteiger charge is 2.23. The summed E-state index contributed by atoms with van der Waals surface area (Å²) in [7, 11) is 0. The highest BCUT2D eigenvalue weighted by atomic mass is 16.5. The third kappa shape index (κ3) is 5.21. The summed E-state index contributed by atoms with van der Waals surface area (Å²) in [6.07, 6.45) is 0. The molecule has 10 rings (SSSR count). The molecule has 10 aromatic rings. The van der Waals surface area contributed by atoms with Gasteiger partial charge in [-0.05, 0) is 42.1 Å². The minimum atomic E-state index is 0.253.